The molecule has 0 spiro atoms. The minimum absolute atomic E-state index is 0.200. The summed E-state index contributed by atoms with van der Waals surface area (Å²) in [6.45, 7) is 3.49. The topological polar surface area (TPSA) is 47.6 Å². The number of benzene rings is 2. The van der Waals surface area contributed by atoms with Crippen molar-refractivity contribution in [2.24, 2.45) is 0 Å². The van der Waals surface area contributed by atoms with Crippen LogP contribution in [0.1, 0.15) is 17.3 Å². The van der Waals surface area contributed by atoms with Gasteiger partial charge < -0.3 is 14.8 Å². The Morgan fingerprint density at radius 2 is 1.82 bits per heavy atom. The van der Waals surface area contributed by atoms with Gasteiger partial charge in [-0.05, 0) is 43.3 Å². The molecular weight excluding hydrogens is 346 g/mol. The smallest absolute Gasteiger partial charge is 0.259 e. The fraction of sp³-hybridized carbons (Fsp3) is 0.235. The van der Waals surface area contributed by atoms with Gasteiger partial charge in [0.2, 0.25) is 0 Å². The number of anilines is 1. The average molecular weight is 364 g/mol. The first kappa shape index (κ1) is 16.5. The fourth-order valence-corrected chi connectivity index (χ4v) is 2.13. The summed E-state index contributed by atoms with van der Waals surface area (Å²) < 4.78 is 11.8. The summed E-state index contributed by atoms with van der Waals surface area (Å²) in [6.07, 6.45) is 0. The van der Waals surface area contributed by atoms with Crippen LogP contribution in [-0.4, -0.2) is 25.7 Å². The fourth-order valence-electron chi connectivity index (χ4n) is 1.87. The minimum Gasteiger partial charge on any atom is -0.490 e. The molecule has 0 aromatic heterocycles. The molecule has 0 heterocycles. The molecule has 4 nitrogen and oxygen atoms in total. The maximum absolute atomic E-state index is 12.4. The van der Waals surface area contributed by atoms with Crippen LogP contribution in [0.2, 0.25) is 0 Å². The standard InChI is InChI=1S/C17H18BrNO3/c1-2-21-11-12-22-16-6-4-3-5-15(16)17(20)19-14-9-7-13(18)8-10-14/h3-10H,2,11-12H2,1H3,(H,19,20). The summed E-state index contributed by atoms with van der Waals surface area (Å²) in [5.41, 5.74) is 1.24. The molecule has 0 unspecified atom stereocenters. The van der Waals surface area contributed by atoms with Gasteiger partial charge in [-0.3, -0.25) is 4.79 Å². The van der Waals surface area contributed by atoms with E-state index in [0.29, 0.717) is 31.1 Å². The van der Waals surface area contributed by atoms with Crippen molar-refractivity contribution >= 4 is 27.5 Å². The lowest BCUT2D eigenvalue weighted by Crippen LogP contribution is -2.15. The second-order valence-electron chi connectivity index (χ2n) is 4.50. The van der Waals surface area contributed by atoms with Crippen LogP contribution in [0.15, 0.2) is 53.0 Å². The molecule has 2 rings (SSSR count). The monoisotopic (exact) mass is 363 g/mol. The van der Waals surface area contributed by atoms with Crippen LogP contribution in [0.3, 0.4) is 0 Å². The first-order valence-electron chi connectivity index (χ1n) is 7.07. The molecule has 0 saturated carbocycles. The number of para-hydroxylation sites is 1. The normalized spacial score (nSPS) is 10.3. The van der Waals surface area contributed by atoms with Gasteiger partial charge in [-0.15, -0.1) is 0 Å². The lowest BCUT2D eigenvalue weighted by atomic mass is 10.2. The number of ether oxygens (including phenoxy) is 2. The van der Waals surface area contributed by atoms with Crippen molar-refractivity contribution in [1.29, 1.82) is 0 Å². The van der Waals surface area contributed by atoms with Gasteiger partial charge in [0.1, 0.15) is 12.4 Å². The number of hydrogen-bond acceptors (Lipinski definition) is 3. The minimum atomic E-state index is -0.200. The zero-order valence-electron chi connectivity index (χ0n) is 12.3. The van der Waals surface area contributed by atoms with Crippen LogP contribution in [0.25, 0.3) is 0 Å². The van der Waals surface area contributed by atoms with E-state index in [1.807, 2.05) is 43.3 Å². The van der Waals surface area contributed by atoms with E-state index in [1.54, 1.807) is 12.1 Å². The molecule has 1 N–H and O–H groups in total. The second-order valence-corrected chi connectivity index (χ2v) is 5.42. The van der Waals surface area contributed by atoms with Gasteiger partial charge in [0.05, 0.1) is 12.2 Å². The zero-order valence-corrected chi connectivity index (χ0v) is 13.9. The SMILES string of the molecule is CCOCCOc1ccccc1C(=O)Nc1ccc(Br)cc1. The van der Waals surface area contributed by atoms with Crippen molar-refractivity contribution in [2.45, 2.75) is 6.92 Å². The van der Waals surface area contributed by atoms with Crippen LogP contribution in [-0.2, 0) is 4.74 Å². The van der Waals surface area contributed by atoms with Gasteiger partial charge in [0.15, 0.2) is 0 Å². The second kappa shape index (κ2) is 8.56. The van der Waals surface area contributed by atoms with Crippen LogP contribution in [0.5, 0.6) is 5.75 Å². The molecule has 0 fully saturated rings. The molecule has 2 aromatic carbocycles. The van der Waals surface area contributed by atoms with E-state index in [1.165, 1.54) is 0 Å². The Kier molecular flexibility index (Phi) is 6.43. The molecule has 0 radical (unpaired) electrons. The van der Waals surface area contributed by atoms with Gasteiger partial charge in [0, 0.05) is 16.8 Å². The highest BCUT2D eigenvalue weighted by Crippen LogP contribution is 2.20. The Morgan fingerprint density at radius 1 is 1.09 bits per heavy atom. The number of carbonyl (C=O) groups is 1. The summed E-state index contributed by atoms with van der Waals surface area (Å²) in [6, 6.07) is 14.6. The van der Waals surface area contributed by atoms with Crippen LogP contribution in [0, 0.1) is 0 Å². The molecular formula is C17H18BrNO3. The van der Waals surface area contributed by atoms with Crippen LogP contribution >= 0.6 is 15.9 Å². The summed E-state index contributed by atoms with van der Waals surface area (Å²) in [5, 5.41) is 2.86. The molecule has 5 heteroatoms. The van der Waals surface area contributed by atoms with Crippen LogP contribution in [0.4, 0.5) is 5.69 Å². The maximum atomic E-state index is 12.4. The zero-order chi connectivity index (χ0) is 15.8. The van der Waals surface area contributed by atoms with Crippen molar-refractivity contribution in [2.75, 3.05) is 25.1 Å². The molecule has 2 aromatic rings. The first-order valence-corrected chi connectivity index (χ1v) is 7.86. The van der Waals surface area contributed by atoms with E-state index in [9.17, 15) is 4.79 Å². The third-order valence-electron chi connectivity index (χ3n) is 2.92. The molecule has 0 aliphatic heterocycles. The predicted octanol–water partition coefficient (Wildman–Crippen LogP) is 4.12. The van der Waals surface area contributed by atoms with E-state index in [0.717, 1.165) is 10.2 Å². The van der Waals surface area contributed by atoms with Gasteiger partial charge in [0.25, 0.3) is 5.91 Å². The summed E-state index contributed by atoms with van der Waals surface area (Å²) in [4.78, 5) is 12.4. The van der Waals surface area contributed by atoms with E-state index >= 15 is 0 Å². The molecule has 0 aliphatic rings. The predicted molar refractivity (Wildman–Crippen MR) is 90.5 cm³/mol. The molecule has 0 saturated heterocycles. The van der Waals surface area contributed by atoms with Crippen molar-refractivity contribution < 1.29 is 14.3 Å². The van der Waals surface area contributed by atoms with Gasteiger partial charge >= 0.3 is 0 Å². The molecule has 1 amide bonds. The number of carbonyl (C=O) groups excluding carboxylic acids is 1. The largest absolute Gasteiger partial charge is 0.490 e. The number of halogens is 1. The molecule has 0 atom stereocenters. The van der Waals surface area contributed by atoms with Crippen LogP contribution < -0.4 is 10.1 Å². The van der Waals surface area contributed by atoms with E-state index in [2.05, 4.69) is 21.2 Å². The Bertz CT molecular complexity index is 614. The lowest BCUT2D eigenvalue weighted by molar-refractivity contribution is 0.0998. The third-order valence-corrected chi connectivity index (χ3v) is 3.45. The van der Waals surface area contributed by atoms with E-state index < -0.39 is 0 Å². The lowest BCUT2D eigenvalue weighted by Gasteiger charge is -2.11. The number of rotatable bonds is 7. The highest BCUT2D eigenvalue weighted by molar-refractivity contribution is 9.10. The molecule has 0 bridgehead atoms. The quantitative estimate of drug-likeness (QED) is 0.752. The number of amides is 1. The number of nitrogens with one attached hydrogen (secondary N) is 1. The average Bonchev–Trinajstić information content (AvgIpc) is 2.54. The van der Waals surface area contributed by atoms with Crippen molar-refractivity contribution in [3.05, 3.63) is 58.6 Å². The summed E-state index contributed by atoms with van der Waals surface area (Å²) in [7, 11) is 0. The highest BCUT2D eigenvalue weighted by atomic mass is 79.9. The van der Waals surface area contributed by atoms with E-state index in [4.69, 9.17) is 9.47 Å². The van der Waals surface area contributed by atoms with Crippen molar-refractivity contribution in [3.63, 3.8) is 0 Å². The van der Waals surface area contributed by atoms with Crippen molar-refractivity contribution in [1.82, 2.24) is 0 Å². The van der Waals surface area contributed by atoms with Gasteiger partial charge in [-0.2, -0.15) is 0 Å². The Labute approximate surface area is 138 Å². The van der Waals surface area contributed by atoms with Gasteiger partial charge in [-0.25, -0.2) is 0 Å². The number of hydrogen-bond donors (Lipinski definition) is 1. The third kappa shape index (κ3) is 4.86. The Balaban J connectivity index is 2.03. The molecule has 116 valence electrons. The summed E-state index contributed by atoms with van der Waals surface area (Å²) in [5.74, 6) is 0.353. The maximum Gasteiger partial charge on any atom is 0.259 e. The summed E-state index contributed by atoms with van der Waals surface area (Å²) >= 11 is 3.36. The Hall–Kier alpha value is -1.85. The first-order chi connectivity index (χ1) is 10.7. The Morgan fingerprint density at radius 3 is 2.55 bits per heavy atom. The molecule has 22 heavy (non-hydrogen) atoms. The molecule has 0 aliphatic carbocycles. The highest BCUT2D eigenvalue weighted by Gasteiger charge is 2.12. The van der Waals surface area contributed by atoms with E-state index in [-0.39, 0.29) is 5.91 Å². The van der Waals surface area contributed by atoms with Gasteiger partial charge in [-0.1, -0.05) is 28.1 Å². The van der Waals surface area contributed by atoms with Crippen molar-refractivity contribution in [3.8, 4) is 5.75 Å².